The molecule has 0 N–H and O–H groups in total. The first kappa shape index (κ1) is 7.54. The third-order valence-electron chi connectivity index (χ3n) is 1.57. The van der Waals surface area contributed by atoms with Crippen LogP contribution in [0.4, 0.5) is 0 Å². The van der Waals surface area contributed by atoms with Crippen molar-refractivity contribution in [1.82, 2.24) is 0 Å². The Balaban J connectivity index is 2.32. The van der Waals surface area contributed by atoms with Crippen LogP contribution in [0.15, 0.2) is 0 Å². The Morgan fingerprint density at radius 2 is 2.50 bits per heavy atom. The maximum Gasteiger partial charge on any atom is 0.313 e. The van der Waals surface area contributed by atoms with Crippen molar-refractivity contribution in [3.05, 3.63) is 0 Å². The van der Waals surface area contributed by atoms with Crippen LogP contribution in [-0.4, -0.2) is 19.4 Å². The van der Waals surface area contributed by atoms with Gasteiger partial charge in [0.2, 0.25) is 0 Å². The molecule has 0 aliphatic carbocycles. The summed E-state index contributed by atoms with van der Waals surface area (Å²) in [5, 5.41) is 0. The van der Waals surface area contributed by atoms with Crippen LogP contribution in [0, 0.1) is 5.92 Å². The van der Waals surface area contributed by atoms with Crippen molar-refractivity contribution >= 4 is 5.97 Å². The first-order chi connectivity index (χ1) is 4.84. The van der Waals surface area contributed by atoms with Gasteiger partial charge in [-0.3, -0.25) is 4.79 Å². The first-order valence-electron chi connectivity index (χ1n) is 3.59. The maximum atomic E-state index is 10.9. The number of esters is 1. The lowest BCUT2D eigenvalue weighted by Gasteiger charge is -2.20. The van der Waals surface area contributed by atoms with E-state index in [-0.39, 0.29) is 18.7 Å². The van der Waals surface area contributed by atoms with Crippen LogP contribution in [0.2, 0.25) is 0 Å². The summed E-state index contributed by atoms with van der Waals surface area (Å²) in [5.74, 6) is -0.119. The topological polar surface area (TPSA) is 35.5 Å². The molecule has 0 saturated carbocycles. The third kappa shape index (κ3) is 1.70. The zero-order chi connectivity index (χ0) is 7.40. The van der Waals surface area contributed by atoms with Gasteiger partial charge in [0.05, 0.1) is 12.5 Å². The van der Waals surface area contributed by atoms with Crippen molar-refractivity contribution in [2.45, 2.75) is 19.8 Å². The molecule has 3 heteroatoms. The summed E-state index contributed by atoms with van der Waals surface area (Å²) in [7, 11) is 0. The van der Waals surface area contributed by atoms with Crippen molar-refractivity contribution in [2.24, 2.45) is 5.92 Å². The van der Waals surface area contributed by atoms with Gasteiger partial charge in [-0.25, -0.2) is 0 Å². The van der Waals surface area contributed by atoms with Crippen LogP contribution in [-0.2, 0) is 14.3 Å². The summed E-state index contributed by atoms with van der Waals surface area (Å²) in [5.41, 5.74) is 0. The summed E-state index contributed by atoms with van der Waals surface area (Å²) >= 11 is 0. The van der Waals surface area contributed by atoms with Gasteiger partial charge in [0, 0.05) is 0 Å². The molecule has 0 bridgehead atoms. The fourth-order valence-electron chi connectivity index (χ4n) is 1.03. The van der Waals surface area contributed by atoms with E-state index in [4.69, 9.17) is 4.74 Å². The first-order valence-corrected chi connectivity index (χ1v) is 3.59. The van der Waals surface area contributed by atoms with Gasteiger partial charge in [0.15, 0.2) is 6.79 Å². The summed E-state index contributed by atoms with van der Waals surface area (Å²) in [6.45, 7) is 2.72. The molecule has 1 fully saturated rings. The molecule has 0 radical (unpaired) electrons. The van der Waals surface area contributed by atoms with Crippen LogP contribution < -0.4 is 0 Å². The van der Waals surface area contributed by atoms with Crippen molar-refractivity contribution in [3.63, 3.8) is 0 Å². The number of rotatable bonds is 2. The Kier molecular flexibility index (Phi) is 2.68. The van der Waals surface area contributed by atoms with E-state index in [9.17, 15) is 4.79 Å². The van der Waals surface area contributed by atoms with E-state index in [0.29, 0.717) is 6.61 Å². The SMILES string of the molecule is CCCC1COCOC1=O. The molecular weight excluding hydrogens is 132 g/mol. The summed E-state index contributed by atoms with van der Waals surface area (Å²) in [4.78, 5) is 10.9. The standard InChI is InChI=1S/C7H12O3/c1-2-3-6-4-9-5-10-7(6)8/h6H,2-5H2,1H3. The van der Waals surface area contributed by atoms with E-state index in [1.807, 2.05) is 6.92 Å². The average molecular weight is 144 g/mol. The Labute approximate surface area is 60.3 Å². The lowest BCUT2D eigenvalue weighted by molar-refractivity contribution is -0.179. The van der Waals surface area contributed by atoms with Gasteiger partial charge in [-0.1, -0.05) is 13.3 Å². The monoisotopic (exact) mass is 144 g/mol. The molecule has 0 aromatic rings. The third-order valence-corrected chi connectivity index (χ3v) is 1.57. The van der Waals surface area contributed by atoms with Crippen LogP contribution >= 0.6 is 0 Å². The molecule has 1 aliphatic heterocycles. The highest BCUT2D eigenvalue weighted by atomic mass is 16.7. The second kappa shape index (κ2) is 3.56. The summed E-state index contributed by atoms with van der Waals surface area (Å²) in [6.07, 6.45) is 1.88. The summed E-state index contributed by atoms with van der Waals surface area (Å²) in [6, 6.07) is 0. The molecule has 1 rings (SSSR count). The van der Waals surface area contributed by atoms with Gasteiger partial charge in [-0.05, 0) is 6.42 Å². The molecular formula is C7H12O3. The molecule has 0 aromatic heterocycles. The predicted molar refractivity (Wildman–Crippen MR) is 35.3 cm³/mol. The minimum Gasteiger partial charge on any atom is -0.438 e. The summed E-state index contributed by atoms with van der Waals surface area (Å²) < 4.78 is 9.64. The Hall–Kier alpha value is -0.570. The molecule has 0 aromatic carbocycles. The van der Waals surface area contributed by atoms with E-state index >= 15 is 0 Å². The van der Waals surface area contributed by atoms with Gasteiger partial charge in [-0.15, -0.1) is 0 Å². The largest absolute Gasteiger partial charge is 0.438 e. The highest BCUT2D eigenvalue weighted by Gasteiger charge is 2.22. The van der Waals surface area contributed by atoms with Crippen LogP contribution in [0.5, 0.6) is 0 Å². The number of ether oxygens (including phenoxy) is 2. The van der Waals surface area contributed by atoms with Crippen LogP contribution in [0.1, 0.15) is 19.8 Å². The highest BCUT2D eigenvalue weighted by molar-refractivity contribution is 5.72. The molecule has 58 valence electrons. The van der Waals surface area contributed by atoms with E-state index in [2.05, 4.69) is 4.74 Å². The van der Waals surface area contributed by atoms with Crippen LogP contribution in [0.3, 0.4) is 0 Å². The van der Waals surface area contributed by atoms with E-state index < -0.39 is 0 Å². The average Bonchev–Trinajstić information content (AvgIpc) is 1.94. The van der Waals surface area contributed by atoms with E-state index in [1.165, 1.54) is 0 Å². The van der Waals surface area contributed by atoms with Crippen molar-refractivity contribution in [1.29, 1.82) is 0 Å². The Morgan fingerprint density at radius 1 is 1.70 bits per heavy atom. The molecule has 1 heterocycles. The fraction of sp³-hybridized carbons (Fsp3) is 0.857. The molecule has 1 aliphatic rings. The predicted octanol–water partition coefficient (Wildman–Crippen LogP) is 0.934. The normalized spacial score (nSPS) is 26.1. The number of carbonyl (C=O) groups is 1. The second-order valence-corrected chi connectivity index (χ2v) is 2.44. The van der Waals surface area contributed by atoms with Gasteiger partial charge in [0.25, 0.3) is 0 Å². The molecule has 0 amide bonds. The number of hydrogen-bond donors (Lipinski definition) is 0. The second-order valence-electron chi connectivity index (χ2n) is 2.44. The molecule has 3 nitrogen and oxygen atoms in total. The lowest BCUT2D eigenvalue weighted by Crippen LogP contribution is -2.29. The minimum atomic E-state index is -0.104. The molecule has 1 atom stereocenters. The smallest absolute Gasteiger partial charge is 0.313 e. The Bertz CT molecular complexity index is 120. The maximum absolute atomic E-state index is 10.9. The van der Waals surface area contributed by atoms with Crippen molar-refractivity contribution in [2.75, 3.05) is 13.4 Å². The van der Waals surface area contributed by atoms with Crippen molar-refractivity contribution in [3.8, 4) is 0 Å². The highest BCUT2D eigenvalue weighted by Crippen LogP contribution is 2.12. The van der Waals surface area contributed by atoms with Gasteiger partial charge >= 0.3 is 5.97 Å². The zero-order valence-corrected chi connectivity index (χ0v) is 6.13. The number of cyclic esters (lactones) is 1. The molecule has 0 spiro atoms. The van der Waals surface area contributed by atoms with Crippen LogP contribution in [0.25, 0.3) is 0 Å². The fourth-order valence-corrected chi connectivity index (χ4v) is 1.03. The quantitative estimate of drug-likeness (QED) is 0.541. The van der Waals surface area contributed by atoms with E-state index in [1.54, 1.807) is 0 Å². The van der Waals surface area contributed by atoms with E-state index in [0.717, 1.165) is 12.8 Å². The molecule has 10 heavy (non-hydrogen) atoms. The van der Waals surface area contributed by atoms with Gasteiger partial charge in [0.1, 0.15) is 0 Å². The molecule has 1 saturated heterocycles. The lowest BCUT2D eigenvalue weighted by atomic mass is 10.1. The minimum absolute atomic E-state index is 0.0150. The Morgan fingerprint density at radius 3 is 3.10 bits per heavy atom. The number of hydrogen-bond acceptors (Lipinski definition) is 3. The molecule has 1 unspecified atom stereocenters. The van der Waals surface area contributed by atoms with Crippen molar-refractivity contribution < 1.29 is 14.3 Å². The van der Waals surface area contributed by atoms with Gasteiger partial charge < -0.3 is 9.47 Å². The van der Waals surface area contributed by atoms with Gasteiger partial charge in [-0.2, -0.15) is 0 Å². The number of carbonyl (C=O) groups excluding carboxylic acids is 1. The zero-order valence-electron chi connectivity index (χ0n) is 6.13.